The van der Waals surface area contributed by atoms with Crippen molar-refractivity contribution in [1.82, 2.24) is 9.47 Å². The maximum Gasteiger partial charge on any atom is 0.338 e. The van der Waals surface area contributed by atoms with Crippen molar-refractivity contribution >= 4 is 29.3 Å². The van der Waals surface area contributed by atoms with Crippen molar-refractivity contribution < 1.29 is 33.3 Å². The number of likely N-dealkylation sites (tertiary alicyclic amines) is 1. The van der Waals surface area contributed by atoms with Crippen LogP contribution < -0.4 is 33.8 Å². The number of aromatic nitrogens is 1. The van der Waals surface area contributed by atoms with E-state index in [9.17, 15) is 14.4 Å². The summed E-state index contributed by atoms with van der Waals surface area (Å²) < 4.78 is 29.7. The third-order valence-corrected chi connectivity index (χ3v) is 8.53. The summed E-state index contributed by atoms with van der Waals surface area (Å²) in [5.41, 5.74) is 1.58. The van der Waals surface area contributed by atoms with Crippen molar-refractivity contribution in [1.29, 1.82) is 0 Å². The molecule has 0 unspecified atom stereocenters. The molecule has 0 aliphatic carbocycles. The Morgan fingerprint density at radius 2 is 1.73 bits per heavy atom. The molecule has 3 heterocycles. The van der Waals surface area contributed by atoms with Gasteiger partial charge in [0.05, 0.1) is 43.7 Å². The number of amides is 1. The molecule has 1 atom stereocenters. The molecule has 11 nitrogen and oxygen atoms in total. The van der Waals surface area contributed by atoms with Gasteiger partial charge >= 0.3 is 5.97 Å². The van der Waals surface area contributed by atoms with E-state index in [1.54, 1.807) is 68.3 Å². The van der Waals surface area contributed by atoms with Crippen LogP contribution in [0.4, 0.5) is 0 Å². The summed E-state index contributed by atoms with van der Waals surface area (Å²) >= 11 is 1.20. The highest BCUT2D eigenvalue weighted by Crippen LogP contribution is 2.38. The number of nitrogens with zero attached hydrogens (tertiary/aromatic N) is 3. The minimum atomic E-state index is -0.865. The molecule has 0 radical (unpaired) electrons. The van der Waals surface area contributed by atoms with Crippen LogP contribution in [0.3, 0.4) is 0 Å². The number of ether oxygens (including phenoxy) is 5. The number of benzene rings is 2. The third-order valence-electron chi connectivity index (χ3n) is 7.54. The van der Waals surface area contributed by atoms with Gasteiger partial charge in [0.15, 0.2) is 22.9 Å². The van der Waals surface area contributed by atoms with E-state index in [0.717, 1.165) is 25.9 Å². The average Bonchev–Trinajstić information content (AvgIpc) is 3.67. The Balaban J connectivity index is 1.56. The van der Waals surface area contributed by atoms with Gasteiger partial charge in [0, 0.05) is 18.7 Å². The van der Waals surface area contributed by atoms with Crippen molar-refractivity contribution in [2.24, 2.45) is 4.99 Å². The van der Waals surface area contributed by atoms with E-state index in [1.165, 1.54) is 30.1 Å². The Morgan fingerprint density at radius 3 is 2.41 bits per heavy atom. The molecule has 12 heteroatoms. The average molecular weight is 622 g/mol. The number of carbonyl (C=O) groups excluding carboxylic acids is 2. The summed E-state index contributed by atoms with van der Waals surface area (Å²) in [6, 6.07) is 9.60. The van der Waals surface area contributed by atoms with Gasteiger partial charge in [-0.25, -0.2) is 9.79 Å². The summed E-state index contributed by atoms with van der Waals surface area (Å²) in [5.74, 6) is 1.25. The molecule has 1 saturated heterocycles. The SMILES string of the molecule is CCOC(=O)C1=C(C)N=c2s/c(=C/c3ccc(OCC(=O)N4CCCC4)c(OC)c3)c(=O)n2[C@H]1c1cc(OC)ccc1OC. The molecule has 1 amide bonds. The van der Waals surface area contributed by atoms with Crippen molar-refractivity contribution in [2.45, 2.75) is 32.7 Å². The van der Waals surface area contributed by atoms with E-state index < -0.39 is 12.0 Å². The zero-order valence-corrected chi connectivity index (χ0v) is 26.2. The molecule has 2 aromatic carbocycles. The van der Waals surface area contributed by atoms with Crippen LogP contribution in [0.2, 0.25) is 0 Å². The summed E-state index contributed by atoms with van der Waals surface area (Å²) in [4.78, 5) is 46.6. The van der Waals surface area contributed by atoms with Crippen LogP contribution in [0, 0.1) is 0 Å². The fourth-order valence-corrected chi connectivity index (χ4v) is 6.43. The van der Waals surface area contributed by atoms with Gasteiger partial charge in [-0.2, -0.15) is 0 Å². The number of carbonyl (C=O) groups is 2. The van der Waals surface area contributed by atoms with Crippen molar-refractivity contribution in [2.75, 3.05) is 47.6 Å². The molecule has 5 rings (SSSR count). The number of rotatable bonds is 10. The lowest BCUT2D eigenvalue weighted by molar-refractivity contribution is -0.139. The van der Waals surface area contributed by atoms with E-state index in [4.69, 9.17) is 23.7 Å². The monoisotopic (exact) mass is 621 g/mol. The lowest BCUT2D eigenvalue weighted by Crippen LogP contribution is -2.40. The van der Waals surface area contributed by atoms with Gasteiger partial charge in [-0.05, 0) is 68.7 Å². The molecule has 2 aliphatic rings. The Morgan fingerprint density at radius 1 is 1.00 bits per heavy atom. The smallest absolute Gasteiger partial charge is 0.338 e. The number of allylic oxidation sites excluding steroid dienone is 1. The van der Waals surface area contributed by atoms with Gasteiger partial charge in [-0.15, -0.1) is 0 Å². The summed E-state index contributed by atoms with van der Waals surface area (Å²) in [6.07, 6.45) is 3.74. The van der Waals surface area contributed by atoms with Crippen LogP contribution in [-0.2, 0) is 14.3 Å². The van der Waals surface area contributed by atoms with E-state index in [2.05, 4.69) is 4.99 Å². The Labute approximate surface area is 258 Å². The highest BCUT2D eigenvalue weighted by molar-refractivity contribution is 7.07. The predicted octanol–water partition coefficient (Wildman–Crippen LogP) is 2.83. The van der Waals surface area contributed by atoms with Crippen molar-refractivity contribution in [3.05, 3.63) is 78.5 Å². The zero-order chi connectivity index (χ0) is 31.4. The summed E-state index contributed by atoms with van der Waals surface area (Å²) in [7, 11) is 4.59. The van der Waals surface area contributed by atoms with Crippen molar-refractivity contribution in [3.63, 3.8) is 0 Å². The molecule has 0 saturated carbocycles. The minimum Gasteiger partial charge on any atom is -0.497 e. The first-order chi connectivity index (χ1) is 21.3. The van der Waals surface area contributed by atoms with Gasteiger partial charge in [0.2, 0.25) is 0 Å². The first-order valence-corrected chi connectivity index (χ1v) is 15.1. The first kappa shape index (κ1) is 30.9. The number of thiazole rings is 1. The number of esters is 1. The lowest BCUT2D eigenvalue weighted by Gasteiger charge is -2.26. The second kappa shape index (κ2) is 13.4. The number of methoxy groups -OCH3 is 3. The highest BCUT2D eigenvalue weighted by atomic mass is 32.1. The summed E-state index contributed by atoms with van der Waals surface area (Å²) in [5, 5.41) is 0. The van der Waals surface area contributed by atoms with E-state index in [1.807, 2.05) is 0 Å². The second-order valence-electron chi connectivity index (χ2n) is 10.2. The molecule has 0 N–H and O–H groups in total. The van der Waals surface area contributed by atoms with Crippen LogP contribution in [0.25, 0.3) is 6.08 Å². The van der Waals surface area contributed by atoms with Gasteiger partial charge in [-0.1, -0.05) is 17.4 Å². The van der Waals surface area contributed by atoms with E-state index >= 15 is 0 Å². The van der Waals surface area contributed by atoms with E-state index in [0.29, 0.717) is 49.2 Å². The summed E-state index contributed by atoms with van der Waals surface area (Å²) in [6.45, 7) is 5.03. The predicted molar refractivity (Wildman–Crippen MR) is 164 cm³/mol. The van der Waals surface area contributed by atoms with E-state index in [-0.39, 0.29) is 30.3 Å². The molecule has 1 aromatic heterocycles. The molecule has 1 fully saturated rings. The zero-order valence-electron chi connectivity index (χ0n) is 25.4. The quantitative estimate of drug-likeness (QED) is 0.318. The fraction of sp³-hybridized carbons (Fsp3) is 0.375. The van der Waals surface area contributed by atoms with Crippen LogP contribution >= 0.6 is 11.3 Å². The van der Waals surface area contributed by atoms with Gasteiger partial charge in [-0.3, -0.25) is 14.2 Å². The molecule has 232 valence electrons. The molecule has 0 bridgehead atoms. The largest absolute Gasteiger partial charge is 0.497 e. The standard InChI is InChI=1S/C32H35N3O8S/c1-6-42-31(38)28-19(2)33-32-35(29(28)22-17-21(39-3)10-12-23(22)40-4)30(37)26(44-32)16-20-9-11-24(25(15-20)41-5)43-18-27(36)34-13-7-8-14-34/h9-12,15-17,29H,6-8,13-14,18H2,1-5H3/b26-16+/t29-/m0/s1. The number of hydrogen-bond acceptors (Lipinski definition) is 10. The highest BCUT2D eigenvalue weighted by Gasteiger charge is 2.35. The van der Waals surface area contributed by atoms with Gasteiger partial charge in [0.1, 0.15) is 17.5 Å². The number of fused-ring (bicyclic) bond motifs is 1. The van der Waals surface area contributed by atoms with Crippen LogP contribution in [0.15, 0.2) is 57.5 Å². The molecule has 3 aromatic rings. The lowest BCUT2D eigenvalue weighted by atomic mass is 9.94. The van der Waals surface area contributed by atoms with Gasteiger partial charge in [0.25, 0.3) is 11.5 Å². The Hall–Kier alpha value is -4.58. The molecule has 0 spiro atoms. The maximum atomic E-state index is 14.1. The molecule has 44 heavy (non-hydrogen) atoms. The van der Waals surface area contributed by atoms with Crippen LogP contribution in [0.5, 0.6) is 23.0 Å². The van der Waals surface area contributed by atoms with Crippen LogP contribution in [-0.4, -0.2) is 69.0 Å². The molecular weight excluding hydrogens is 586 g/mol. The first-order valence-electron chi connectivity index (χ1n) is 14.3. The maximum absolute atomic E-state index is 14.1. The Bertz CT molecular complexity index is 1790. The fourth-order valence-electron chi connectivity index (χ4n) is 5.38. The topological polar surface area (TPSA) is 118 Å². The molecular formula is C32H35N3O8S. The van der Waals surface area contributed by atoms with Crippen molar-refractivity contribution in [3.8, 4) is 23.0 Å². The minimum absolute atomic E-state index is 0.0607. The second-order valence-corrected chi connectivity index (χ2v) is 11.2. The van der Waals surface area contributed by atoms with Gasteiger partial charge < -0.3 is 28.6 Å². The van der Waals surface area contributed by atoms with Crippen LogP contribution in [0.1, 0.15) is 43.9 Å². The normalized spacial score (nSPS) is 16.3. The number of hydrogen-bond donors (Lipinski definition) is 0. The molecule has 2 aliphatic heterocycles. The Kier molecular flexibility index (Phi) is 9.38. The third kappa shape index (κ3) is 6.07.